The highest BCUT2D eigenvalue weighted by molar-refractivity contribution is 4.20. The van der Waals surface area contributed by atoms with Crippen molar-refractivity contribution < 1.29 is 4.48 Å². The normalized spacial score (nSPS) is 8.57. The Labute approximate surface area is 94.1 Å². The Morgan fingerprint density at radius 3 is 0.786 bits per heavy atom. The van der Waals surface area contributed by atoms with Gasteiger partial charge in [-0.05, 0) is 5.92 Å². The van der Waals surface area contributed by atoms with Crippen LogP contribution in [0, 0.1) is 5.92 Å². The average molecular weight is 206 g/mol. The van der Waals surface area contributed by atoms with Crippen LogP contribution in [0.1, 0.15) is 54.9 Å². The fourth-order valence-electron chi connectivity index (χ4n) is 0. The molecular weight excluding hydrogens is 170 g/mol. The smallest absolute Gasteiger partial charge is 0.0675 e. The van der Waals surface area contributed by atoms with Crippen LogP contribution in [0.2, 0.25) is 0 Å². The molecule has 0 heterocycles. The Kier molecular flexibility index (Phi) is 31.5. The Balaban J connectivity index is -0.0000000505. The molecule has 0 rings (SSSR count). The Hall–Kier alpha value is -0.0400. The highest BCUT2D eigenvalue weighted by Gasteiger charge is 1.88. The zero-order valence-electron chi connectivity index (χ0n) is 12.7. The van der Waals surface area contributed by atoms with Gasteiger partial charge in [0.1, 0.15) is 0 Å². The summed E-state index contributed by atoms with van der Waals surface area (Å²) >= 11 is 0. The van der Waals surface area contributed by atoms with Gasteiger partial charge in [-0.15, -0.1) is 0 Å². The molecule has 0 amide bonds. The van der Waals surface area contributed by atoms with E-state index in [0.29, 0.717) is 0 Å². The number of quaternary nitrogens is 1. The van der Waals surface area contributed by atoms with Crippen molar-refractivity contribution in [2.24, 2.45) is 5.92 Å². The van der Waals surface area contributed by atoms with Gasteiger partial charge in [0.25, 0.3) is 0 Å². The van der Waals surface area contributed by atoms with E-state index >= 15 is 0 Å². The monoisotopic (exact) mass is 206 g/mol. The van der Waals surface area contributed by atoms with E-state index in [9.17, 15) is 0 Å². The molecule has 0 saturated heterocycles. The second-order valence-corrected chi connectivity index (χ2v) is 5.12. The van der Waals surface area contributed by atoms with Gasteiger partial charge < -0.3 is 4.48 Å². The molecule has 92 valence electrons. The van der Waals surface area contributed by atoms with Gasteiger partial charge in [-0.1, -0.05) is 54.9 Å². The predicted octanol–water partition coefficient (Wildman–Crippen LogP) is 4.43. The number of hydrogen-bond acceptors (Lipinski definition) is 0. The first-order valence-corrected chi connectivity index (χ1v) is 5.94. The molecule has 0 fully saturated rings. The fraction of sp³-hybridized carbons (Fsp3) is 1.00. The van der Waals surface area contributed by atoms with Crippen molar-refractivity contribution in [2.45, 2.75) is 54.9 Å². The summed E-state index contributed by atoms with van der Waals surface area (Å²) in [7, 11) is 8.50. The van der Waals surface area contributed by atoms with Gasteiger partial charge in [0.05, 0.1) is 28.2 Å². The van der Waals surface area contributed by atoms with E-state index in [0.717, 1.165) is 10.4 Å². The minimum absolute atomic E-state index is 0.833. The largest absolute Gasteiger partial charge is 0.333 e. The third-order valence-electron chi connectivity index (χ3n) is 0. The van der Waals surface area contributed by atoms with Gasteiger partial charge in [-0.25, -0.2) is 0 Å². The predicted molar refractivity (Wildman–Crippen MR) is 71.8 cm³/mol. The second kappa shape index (κ2) is 18.7. The second-order valence-electron chi connectivity index (χ2n) is 5.12. The van der Waals surface area contributed by atoms with Gasteiger partial charge in [0.15, 0.2) is 0 Å². The molecule has 0 atom stereocenters. The molecule has 0 aromatic carbocycles. The fourth-order valence-corrected chi connectivity index (χ4v) is 0. The minimum Gasteiger partial charge on any atom is -0.333 e. The van der Waals surface area contributed by atoms with Crippen molar-refractivity contribution in [3.8, 4) is 0 Å². The Bertz CT molecular complexity index is 51.4. The van der Waals surface area contributed by atoms with Gasteiger partial charge in [-0.2, -0.15) is 0 Å². The maximum Gasteiger partial charge on any atom is 0.0675 e. The summed E-state index contributed by atoms with van der Waals surface area (Å²) in [6, 6.07) is 0. The minimum atomic E-state index is 0.833. The third kappa shape index (κ3) is 898000. The molecule has 0 saturated carbocycles. The van der Waals surface area contributed by atoms with Crippen LogP contribution in [-0.4, -0.2) is 32.7 Å². The summed E-state index contributed by atoms with van der Waals surface area (Å²) in [5.41, 5.74) is 0. The first-order valence-electron chi connectivity index (χ1n) is 5.94. The molecule has 0 radical (unpaired) electrons. The molecule has 0 aromatic rings. The van der Waals surface area contributed by atoms with Crippen LogP contribution in [-0.2, 0) is 0 Å². The van der Waals surface area contributed by atoms with E-state index in [4.69, 9.17) is 0 Å². The van der Waals surface area contributed by atoms with Gasteiger partial charge in [0.2, 0.25) is 0 Å². The standard InChI is InChI=1S/C4H12N.C4H10.C3H8.C2H6/c1-5(2,3)4;1-4(2)3;1-3-2;1-2/h1-4H3;4H,1-3H3;3H2,1-2H3;1-2H3/q+1;;;. The van der Waals surface area contributed by atoms with Crippen LogP contribution in [0.3, 0.4) is 0 Å². The number of rotatable bonds is 0. The molecule has 0 spiro atoms. The van der Waals surface area contributed by atoms with Gasteiger partial charge in [0, 0.05) is 0 Å². The van der Waals surface area contributed by atoms with E-state index in [-0.39, 0.29) is 0 Å². The summed E-state index contributed by atoms with van der Waals surface area (Å²) in [5.74, 6) is 0.833. The molecule has 0 N–H and O–H groups in total. The molecule has 1 nitrogen and oxygen atoms in total. The van der Waals surface area contributed by atoms with E-state index in [1.54, 1.807) is 0 Å². The van der Waals surface area contributed by atoms with Gasteiger partial charge >= 0.3 is 0 Å². The lowest BCUT2D eigenvalue weighted by Gasteiger charge is -2.14. The lowest BCUT2D eigenvalue weighted by molar-refractivity contribution is -0.849. The van der Waals surface area contributed by atoms with E-state index < -0.39 is 0 Å². The molecule has 0 aliphatic rings. The Morgan fingerprint density at radius 1 is 0.786 bits per heavy atom. The van der Waals surface area contributed by atoms with Crippen molar-refractivity contribution in [1.29, 1.82) is 0 Å². The molecule has 0 aromatic heterocycles. The van der Waals surface area contributed by atoms with Crippen molar-refractivity contribution in [3.63, 3.8) is 0 Å². The van der Waals surface area contributed by atoms with Crippen molar-refractivity contribution in [3.05, 3.63) is 0 Å². The third-order valence-corrected chi connectivity index (χ3v) is 0. The van der Waals surface area contributed by atoms with Crippen LogP contribution in [0.4, 0.5) is 0 Å². The maximum atomic E-state index is 2.17. The van der Waals surface area contributed by atoms with Gasteiger partial charge in [-0.3, -0.25) is 0 Å². The summed E-state index contributed by atoms with van der Waals surface area (Å²) < 4.78 is 1.00. The summed E-state index contributed by atoms with van der Waals surface area (Å²) in [6.45, 7) is 14.7. The first kappa shape index (κ1) is 23.6. The lowest BCUT2D eigenvalue weighted by Crippen LogP contribution is -2.27. The quantitative estimate of drug-likeness (QED) is 0.514. The van der Waals surface area contributed by atoms with Crippen molar-refractivity contribution in [1.82, 2.24) is 0 Å². The summed E-state index contributed by atoms with van der Waals surface area (Å²) in [6.07, 6.45) is 1.25. The molecule has 0 unspecified atom stereocenters. The molecule has 0 bridgehead atoms. The average Bonchev–Trinajstić information content (AvgIpc) is 1.87. The SMILES string of the molecule is CC.CC(C)C.CCC.C[N+](C)(C)C. The van der Waals surface area contributed by atoms with Crippen molar-refractivity contribution >= 4 is 0 Å². The van der Waals surface area contributed by atoms with E-state index in [1.807, 2.05) is 13.8 Å². The highest BCUT2D eigenvalue weighted by atomic mass is 15.2. The molecule has 14 heavy (non-hydrogen) atoms. The molecule has 0 aliphatic heterocycles. The topological polar surface area (TPSA) is 0 Å². The van der Waals surface area contributed by atoms with Crippen molar-refractivity contribution in [2.75, 3.05) is 28.2 Å². The molecule has 0 aliphatic carbocycles. The summed E-state index contributed by atoms with van der Waals surface area (Å²) in [4.78, 5) is 0. The highest BCUT2D eigenvalue weighted by Crippen LogP contribution is 1.81. The van der Waals surface area contributed by atoms with Crippen LogP contribution in [0.5, 0.6) is 0 Å². The van der Waals surface area contributed by atoms with Crippen LogP contribution >= 0.6 is 0 Å². The van der Waals surface area contributed by atoms with E-state index in [1.165, 1.54) is 6.42 Å². The number of nitrogens with zero attached hydrogens (tertiary/aromatic N) is 1. The Morgan fingerprint density at radius 2 is 0.786 bits per heavy atom. The lowest BCUT2D eigenvalue weighted by atomic mass is 10.3. The molecular formula is C13H36N+. The first-order chi connectivity index (χ1) is 6.15. The van der Waals surface area contributed by atoms with Crippen LogP contribution in [0.25, 0.3) is 0 Å². The van der Waals surface area contributed by atoms with E-state index in [2.05, 4.69) is 62.8 Å². The summed E-state index contributed by atoms with van der Waals surface area (Å²) in [5, 5.41) is 0. The zero-order chi connectivity index (χ0) is 12.8. The number of hydrogen-bond donors (Lipinski definition) is 0. The zero-order valence-corrected chi connectivity index (χ0v) is 12.7. The van der Waals surface area contributed by atoms with Crippen LogP contribution < -0.4 is 0 Å². The van der Waals surface area contributed by atoms with Crippen LogP contribution in [0.15, 0.2) is 0 Å². The maximum absolute atomic E-state index is 2.17. The molecule has 1 heteroatoms.